The molecule has 0 aliphatic rings. The number of rotatable bonds is 5. The van der Waals surface area contributed by atoms with Crippen molar-refractivity contribution in [2.24, 2.45) is 0 Å². The first kappa shape index (κ1) is 18.3. The standard InChI is InChI=1S/C21H20N4O2/c1-13-7-8-14(2)19(11-13)24-20(27)18-9-10-22-21(25-18)23-17-6-4-5-16(12-17)15(3)26/h4-12H,1-3H3,(H,24,27)(H,22,23,25). The number of amides is 1. The minimum Gasteiger partial charge on any atom is -0.324 e. The van der Waals surface area contributed by atoms with E-state index < -0.39 is 0 Å². The molecule has 0 radical (unpaired) electrons. The van der Waals surface area contributed by atoms with E-state index in [0.717, 1.165) is 16.8 Å². The molecule has 0 atom stereocenters. The van der Waals surface area contributed by atoms with Crippen LogP contribution in [0.2, 0.25) is 0 Å². The largest absolute Gasteiger partial charge is 0.324 e. The van der Waals surface area contributed by atoms with Crippen LogP contribution in [0.15, 0.2) is 54.7 Å². The van der Waals surface area contributed by atoms with Crippen LogP contribution in [0, 0.1) is 13.8 Å². The highest BCUT2D eigenvalue weighted by molar-refractivity contribution is 6.03. The van der Waals surface area contributed by atoms with E-state index in [1.165, 1.54) is 13.1 Å². The molecule has 1 heterocycles. The zero-order valence-electron chi connectivity index (χ0n) is 15.4. The van der Waals surface area contributed by atoms with Gasteiger partial charge in [0.25, 0.3) is 5.91 Å². The highest BCUT2D eigenvalue weighted by atomic mass is 16.2. The van der Waals surface area contributed by atoms with Gasteiger partial charge in [-0.2, -0.15) is 0 Å². The molecule has 6 heteroatoms. The molecule has 2 N–H and O–H groups in total. The van der Waals surface area contributed by atoms with Crippen molar-refractivity contribution in [3.8, 4) is 0 Å². The van der Waals surface area contributed by atoms with E-state index in [0.29, 0.717) is 11.3 Å². The third kappa shape index (κ3) is 4.55. The molecule has 0 bridgehead atoms. The summed E-state index contributed by atoms with van der Waals surface area (Å²) in [7, 11) is 0. The highest BCUT2D eigenvalue weighted by Gasteiger charge is 2.11. The van der Waals surface area contributed by atoms with Gasteiger partial charge in [0, 0.05) is 23.1 Å². The average Bonchev–Trinajstić information content (AvgIpc) is 2.65. The van der Waals surface area contributed by atoms with Gasteiger partial charge in [-0.05, 0) is 56.2 Å². The van der Waals surface area contributed by atoms with E-state index in [-0.39, 0.29) is 23.3 Å². The van der Waals surface area contributed by atoms with Crippen LogP contribution < -0.4 is 10.6 Å². The van der Waals surface area contributed by atoms with Gasteiger partial charge in [-0.3, -0.25) is 9.59 Å². The number of Topliss-reactive ketones (excluding diaryl/α,β-unsaturated/α-hetero) is 1. The summed E-state index contributed by atoms with van der Waals surface area (Å²) < 4.78 is 0. The molecule has 1 amide bonds. The number of hydrogen-bond acceptors (Lipinski definition) is 5. The second-order valence-electron chi connectivity index (χ2n) is 6.30. The molecule has 6 nitrogen and oxygen atoms in total. The quantitative estimate of drug-likeness (QED) is 0.663. The molecule has 3 aromatic rings. The van der Waals surface area contributed by atoms with Gasteiger partial charge < -0.3 is 10.6 Å². The Hall–Kier alpha value is -3.54. The average molecular weight is 360 g/mol. The van der Waals surface area contributed by atoms with Crippen molar-refractivity contribution in [1.29, 1.82) is 0 Å². The maximum Gasteiger partial charge on any atom is 0.274 e. The van der Waals surface area contributed by atoms with Gasteiger partial charge in [-0.15, -0.1) is 0 Å². The fourth-order valence-corrected chi connectivity index (χ4v) is 2.55. The van der Waals surface area contributed by atoms with E-state index in [1.54, 1.807) is 30.3 Å². The number of carbonyl (C=O) groups is 2. The molecule has 0 aliphatic carbocycles. The molecular weight excluding hydrogens is 340 g/mol. The molecule has 136 valence electrons. The summed E-state index contributed by atoms with van der Waals surface area (Å²) in [6, 6.07) is 14.5. The van der Waals surface area contributed by atoms with Gasteiger partial charge in [-0.25, -0.2) is 9.97 Å². The Morgan fingerprint density at radius 2 is 1.81 bits per heavy atom. The first-order chi connectivity index (χ1) is 12.9. The first-order valence-electron chi connectivity index (χ1n) is 8.52. The van der Waals surface area contributed by atoms with Crippen LogP contribution in [0.25, 0.3) is 0 Å². The van der Waals surface area contributed by atoms with Gasteiger partial charge >= 0.3 is 0 Å². The van der Waals surface area contributed by atoms with Crippen LogP contribution in [0.4, 0.5) is 17.3 Å². The second kappa shape index (κ2) is 7.78. The van der Waals surface area contributed by atoms with Crippen molar-refractivity contribution in [3.05, 3.63) is 77.1 Å². The lowest BCUT2D eigenvalue weighted by molar-refractivity contribution is 0.101. The molecule has 0 aliphatic heterocycles. The van der Waals surface area contributed by atoms with Crippen LogP contribution in [-0.4, -0.2) is 21.7 Å². The molecular formula is C21H20N4O2. The van der Waals surface area contributed by atoms with Crippen molar-refractivity contribution in [3.63, 3.8) is 0 Å². The SMILES string of the molecule is CC(=O)c1cccc(Nc2nccc(C(=O)Nc3cc(C)ccc3C)n2)c1. The van der Waals surface area contributed by atoms with E-state index >= 15 is 0 Å². The Balaban J connectivity index is 1.79. The van der Waals surface area contributed by atoms with Gasteiger partial charge in [0.2, 0.25) is 5.95 Å². The Bertz CT molecular complexity index is 1010. The van der Waals surface area contributed by atoms with Gasteiger partial charge in [0.15, 0.2) is 5.78 Å². The van der Waals surface area contributed by atoms with Gasteiger partial charge in [0.1, 0.15) is 5.69 Å². The zero-order valence-corrected chi connectivity index (χ0v) is 15.4. The topological polar surface area (TPSA) is 84.0 Å². The predicted molar refractivity (Wildman–Crippen MR) is 106 cm³/mol. The maximum absolute atomic E-state index is 12.6. The summed E-state index contributed by atoms with van der Waals surface area (Å²) in [6.07, 6.45) is 1.52. The first-order valence-corrected chi connectivity index (χ1v) is 8.52. The monoisotopic (exact) mass is 360 g/mol. The third-order valence-electron chi connectivity index (χ3n) is 4.05. The molecule has 1 aromatic heterocycles. The van der Waals surface area contributed by atoms with E-state index in [4.69, 9.17) is 0 Å². The Labute approximate surface area is 157 Å². The third-order valence-corrected chi connectivity index (χ3v) is 4.05. The van der Waals surface area contributed by atoms with Crippen LogP contribution in [0.1, 0.15) is 38.9 Å². The van der Waals surface area contributed by atoms with Crippen LogP contribution in [-0.2, 0) is 0 Å². The van der Waals surface area contributed by atoms with Gasteiger partial charge in [-0.1, -0.05) is 24.3 Å². The molecule has 3 rings (SSSR count). The number of anilines is 3. The van der Waals surface area contributed by atoms with Gasteiger partial charge in [0.05, 0.1) is 0 Å². The van der Waals surface area contributed by atoms with Crippen molar-refractivity contribution < 1.29 is 9.59 Å². The smallest absolute Gasteiger partial charge is 0.274 e. The van der Waals surface area contributed by atoms with Crippen molar-refractivity contribution >= 4 is 29.0 Å². The summed E-state index contributed by atoms with van der Waals surface area (Å²) >= 11 is 0. The minimum absolute atomic E-state index is 0.0266. The van der Waals surface area contributed by atoms with Crippen molar-refractivity contribution in [2.45, 2.75) is 20.8 Å². The maximum atomic E-state index is 12.6. The normalized spacial score (nSPS) is 10.3. The second-order valence-corrected chi connectivity index (χ2v) is 6.30. The fourth-order valence-electron chi connectivity index (χ4n) is 2.55. The molecule has 0 saturated heterocycles. The lowest BCUT2D eigenvalue weighted by Gasteiger charge is -2.10. The zero-order chi connectivity index (χ0) is 19.4. The van der Waals surface area contributed by atoms with E-state index in [1.807, 2.05) is 32.0 Å². The lowest BCUT2D eigenvalue weighted by atomic mass is 10.1. The highest BCUT2D eigenvalue weighted by Crippen LogP contribution is 2.18. The number of aromatic nitrogens is 2. The fraction of sp³-hybridized carbons (Fsp3) is 0.143. The number of hydrogen-bond donors (Lipinski definition) is 2. The van der Waals surface area contributed by atoms with Crippen LogP contribution >= 0.6 is 0 Å². The number of nitrogens with one attached hydrogen (secondary N) is 2. The number of benzene rings is 2. The summed E-state index contributed by atoms with van der Waals surface area (Å²) in [6.45, 7) is 5.41. The number of aryl methyl sites for hydroxylation is 2. The number of nitrogens with zero attached hydrogens (tertiary/aromatic N) is 2. The Morgan fingerprint density at radius 3 is 2.59 bits per heavy atom. The molecule has 0 spiro atoms. The Kier molecular flexibility index (Phi) is 5.26. The lowest BCUT2D eigenvalue weighted by Crippen LogP contribution is -2.15. The van der Waals surface area contributed by atoms with Crippen LogP contribution in [0.5, 0.6) is 0 Å². The molecule has 2 aromatic carbocycles. The van der Waals surface area contributed by atoms with Crippen molar-refractivity contribution in [2.75, 3.05) is 10.6 Å². The molecule has 27 heavy (non-hydrogen) atoms. The minimum atomic E-state index is -0.313. The Morgan fingerprint density at radius 1 is 1.00 bits per heavy atom. The van der Waals surface area contributed by atoms with E-state index in [9.17, 15) is 9.59 Å². The summed E-state index contributed by atoms with van der Waals surface area (Å²) in [4.78, 5) is 32.5. The van der Waals surface area contributed by atoms with Crippen LogP contribution in [0.3, 0.4) is 0 Å². The molecule has 0 unspecified atom stereocenters. The number of carbonyl (C=O) groups excluding carboxylic acids is 2. The number of ketones is 1. The predicted octanol–water partition coefficient (Wildman–Crippen LogP) is 4.29. The summed E-state index contributed by atoms with van der Waals surface area (Å²) in [5.74, 6) is -0.0582. The van der Waals surface area contributed by atoms with Crippen molar-refractivity contribution in [1.82, 2.24) is 9.97 Å². The molecule has 0 saturated carbocycles. The summed E-state index contributed by atoms with van der Waals surface area (Å²) in [5.41, 5.74) is 4.30. The van der Waals surface area contributed by atoms with E-state index in [2.05, 4.69) is 20.6 Å². The molecule has 0 fully saturated rings. The summed E-state index contributed by atoms with van der Waals surface area (Å²) in [5, 5.41) is 5.91.